The second kappa shape index (κ2) is 8.52. The molecule has 3 aromatic heterocycles. The third kappa shape index (κ3) is 3.77. The number of aryl methyl sites for hydroxylation is 1. The lowest BCUT2D eigenvalue weighted by molar-refractivity contribution is 0.686. The number of nitrogens with one attached hydrogen (secondary N) is 1. The van der Waals surface area contributed by atoms with Crippen LogP contribution in [0, 0.1) is 0 Å². The highest BCUT2D eigenvalue weighted by Gasteiger charge is 2.12. The van der Waals surface area contributed by atoms with E-state index in [0.717, 1.165) is 23.5 Å². The maximum absolute atomic E-state index is 4.94. The lowest BCUT2D eigenvalue weighted by Crippen LogP contribution is -2.17. The fourth-order valence-electron chi connectivity index (χ4n) is 4.40. The van der Waals surface area contributed by atoms with Gasteiger partial charge in [0.15, 0.2) is 4.80 Å². The Morgan fingerprint density at radius 2 is 1.73 bits per heavy atom. The number of pyridine rings is 1. The zero-order valence-electron chi connectivity index (χ0n) is 18.0. The molecule has 0 amide bonds. The monoisotopic (exact) mass is 446 g/mol. The van der Waals surface area contributed by atoms with E-state index in [0.29, 0.717) is 0 Å². The predicted octanol–water partition coefficient (Wildman–Crippen LogP) is 6.72. The highest BCUT2D eigenvalue weighted by molar-refractivity contribution is 7.07. The van der Waals surface area contributed by atoms with Crippen molar-refractivity contribution in [2.24, 2.45) is 4.99 Å². The first-order chi connectivity index (χ1) is 16.4. The number of hydrogen-bond donors (Lipinski definition) is 1. The molecule has 0 radical (unpaired) electrons. The lowest BCUT2D eigenvalue weighted by atomic mass is 10.0. The summed E-state index contributed by atoms with van der Waals surface area (Å²) in [6.45, 7) is 0.836. The molecular weight excluding hydrogens is 424 g/mol. The minimum absolute atomic E-state index is 0.836. The molecule has 6 aromatic rings. The van der Waals surface area contributed by atoms with Gasteiger partial charge >= 0.3 is 0 Å². The third-order valence-corrected chi connectivity index (χ3v) is 6.88. The molecule has 1 N–H and O–H groups in total. The van der Waals surface area contributed by atoms with E-state index in [1.165, 1.54) is 38.5 Å². The largest absolute Gasteiger partial charge is 0.361 e. The summed E-state index contributed by atoms with van der Waals surface area (Å²) < 4.78 is 2.35. The van der Waals surface area contributed by atoms with Crippen molar-refractivity contribution < 1.29 is 0 Å². The Morgan fingerprint density at radius 3 is 2.64 bits per heavy atom. The van der Waals surface area contributed by atoms with E-state index >= 15 is 0 Å². The van der Waals surface area contributed by atoms with Gasteiger partial charge in [-0.1, -0.05) is 60.7 Å². The van der Waals surface area contributed by atoms with Crippen molar-refractivity contribution in [3.05, 3.63) is 113 Å². The number of nitrogens with zero attached hydrogens (tertiary/aromatic N) is 3. The zero-order valence-corrected chi connectivity index (χ0v) is 18.8. The Morgan fingerprint density at radius 1 is 0.879 bits per heavy atom. The minimum atomic E-state index is 0.836. The van der Waals surface area contributed by atoms with Crippen LogP contribution in [0.3, 0.4) is 0 Å². The van der Waals surface area contributed by atoms with Crippen LogP contribution in [0.5, 0.6) is 0 Å². The first kappa shape index (κ1) is 19.7. The van der Waals surface area contributed by atoms with Gasteiger partial charge in [0.2, 0.25) is 0 Å². The first-order valence-corrected chi connectivity index (χ1v) is 11.9. The number of H-pyrrole nitrogens is 1. The van der Waals surface area contributed by atoms with Crippen LogP contribution in [0.4, 0.5) is 5.69 Å². The third-order valence-electron chi connectivity index (χ3n) is 6.01. The Labute approximate surface area is 195 Å². The Kier molecular flexibility index (Phi) is 5.09. The lowest BCUT2D eigenvalue weighted by Gasteiger charge is -2.11. The second-order valence-electron chi connectivity index (χ2n) is 8.01. The average Bonchev–Trinajstić information content (AvgIpc) is 3.47. The molecule has 33 heavy (non-hydrogen) atoms. The topological polar surface area (TPSA) is 46.0 Å². The van der Waals surface area contributed by atoms with Crippen LogP contribution in [0.1, 0.15) is 5.56 Å². The first-order valence-electron chi connectivity index (χ1n) is 11.0. The van der Waals surface area contributed by atoms with Crippen LogP contribution in [-0.4, -0.2) is 14.5 Å². The summed E-state index contributed by atoms with van der Waals surface area (Å²) in [6.07, 6.45) is 6.63. The Balaban J connectivity index is 1.48. The van der Waals surface area contributed by atoms with Crippen LogP contribution < -0.4 is 4.80 Å². The van der Waals surface area contributed by atoms with E-state index in [1.54, 1.807) is 23.7 Å². The number of aromatic nitrogens is 3. The molecule has 3 heterocycles. The van der Waals surface area contributed by atoms with Crippen LogP contribution in [0.2, 0.25) is 0 Å². The van der Waals surface area contributed by atoms with Crippen molar-refractivity contribution in [2.75, 3.05) is 0 Å². The molecule has 160 valence electrons. The molecule has 0 spiro atoms. The molecule has 4 nitrogen and oxygen atoms in total. The fraction of sp³-hybridized carbons (Fsp3) is 0.0714. The van der Waals surface area contributed by atoms with Gasteiger partial charge in [-0.2, -0.15) is 0 Å². The van der Waals surface area contributed by atoms with Crippen molar-refractivity contribution >= 4 is 38.7 Å². The highest BCUT2D eigenvalue weighted by Crippen LogP contribution is 2.29. The van der Waals surface area contributed by atoms with E-state index in [4.69, 9.17) is 4.99 Å². The number of thiazole rings is 1. The molecule has 3 aromatic carbocycles. The molecule has 0 aliphatic heterocycles. The molecular formula is C28H22N4S. The summed E-state index contributed by atoms with van der Waals surface area (Å²) in [7, 11) is 0. The maximum Gasteiger partial charge on any atom is 0.190 e. The minimum Gasteiger partial charge on any atom is -0.361 e. The summed E-state index contributed by atoms with van der Waals surface area (Å²) in [5.74, 6) is 0. The van der Waals surface area contributed by atoms with E-state index in [9.17, 15) is 0 Å². The van der Waals surface area contributed by atoms with Crippen LogP contribution in [-0.2, 0) is 13.0 Å². The average molecular weight is 447 g/mol. The molecule has 0 aliphatic carbocycles. The second-order valence-corrected chi connectivity index (χ2v) is 8.85. The number of hydrogen-bond acceptors (Lipinski definition) is 3. The summed E-state index contributed by atoms with van der Waals surface area (Å²) >= 11 is 1.68. The van der Waals surface area contributed by atoms with E-state index < -0.39 is 0 Å². The number of rotatable bonds is 5. The maximum atomic E-state index is 4.94. The van der Waals surface area contributed by atoms with Crippen molar-refractivity contribution in [1.82, 2.24) is 14.5 Å². The van der Waals surface area contributed by atoms with Gasteiger partial charge in [-0.3, -0.25) is 4.98 Å². The Hall–Kier alpha value is -3.96. The highest BCUT2D eigenvalue weighted by atomic mass is 32.1. The normalized spacial score (nSPS) is 12.1. The van der Waals surface area contributed by atoms with Gasteiger partial charge in [-0.25, -0.2) is 4.99 Å². The standard InChI is InChI=1S/C28H22N4S/c1-2-10-23-20(7-1)8-5-12-25(23)27-19-33-28(31-22-9-6-15-29-18-22)32(27)16-14-21-17-30-26-13-4-3-11-24(21)26/h1-13,15,17-19,30H,14,16H2. The van der Waals surface area contributed by atoms with Gasteiger partial charge in [0.05, 0.1) is 17.6 Å². The molecule has 0 bridgehead atoms. The smallest absolute Gasteiger partial charge is 0.190 e. The fourth-order valence-corrected chi connectivity index (χ4v) is 5.35. The molecule has 0 atom stereocenters. The van der Waals surface area contributed by atoms with Gasteiger partial charge in [0.1, 0.15) is 0 Å². The van der Waals surface area contributed by atoms with Crippen molar-refractivity contribution in [3.8, 4) is 11.3 Å². The van der Waals surface area contributed by atoms with Gasteiger partial charge in [-0.05, 0) is 41.0 Å². The van der Waals surface area contributed by atoms with Crippen molar-refractivity contribution in [3.63, 3.8) is 0 Å². The molecule has 0 saturated heterocycles. The van der Waals surface area contributed by atoms with Crippen LogP contribution in [0.25, 0.3) is 32.9 Å². The van der Waals surface area contributed by atoms with Crippen molar-refractivity contribution in [1.29, 1.82) is 0 Å². The number of fused-ring (bicyclic) bond motifs is 2. The zero-order chi connectivity index (χ0) is 22.0. The molecule has 6 rings (SSSR count). The molecule has 0 aliphatic rings. The molecule has 5 heteroatoms. The summed E-state index contributed by atoms with van der Waals surface area (Å²) in [4.78, 5) is 13.6. The molecule has 0 unspecified atom stereocenters. The summed E-state index contributed by atoms with van der Waals surface area (Å²) in [5, 5.41) is 6.01. The van der Waals surface area contributed by atoms with Gasteiger partial charge in [0.25, 0.3) is 0 Å². The van der Waals surface area contributed by atoms with Gasteiger partial charge < -0.3 is 9.55 Å². The van der Waals surface area contributed by atoms with Crippen molar-refractivity contribution in [2.45, 2.75) is 13.0 Å². The number of benzene rings is 3. The van der Waals surface area contributed by atoms with E-state index in [2.05, 4.69) is 92.8 Å². The van der Waals surface area contributed by atoms with Gasteiger partial charge in [-0.15, -0.1) is 11.3 Å². The molecule has 0 fully saturated rings. The van der Waals surface area contributed by atoms with E-state index in [1.807, 2.05) is 12.1 Å². The molecule has 0 saturated carbocycles. The van der Waals surface area contributed by atoms with Gasteiger partial charge in [0, 0.05) is 40.8 Å². The quantitative estimate of drug-likeness (QED) is 0.314. The number of aromatic amines is 1. The Bertz CT molecular complexity index is 1620. The van der Waals surface area contributed by atoms with E-state index in [-0.39, 0.29) is 0 Å². The number of para-hydroxylation sites is 1. The van der Waals surface area contributed by atoms with Crippen LogP contribution in [0.15, 0.2) is 108 Å². The SMILES string of the molecule is c1cncc(N=c2scc(-c3cccc4ccccc34)n2CCc2c[nH]c3ccccc23)c1. The predicted molar refractivity (Wildman–Crippen MR) is 137 cm³/mol. The summed E-state index contributed by atoms with van der Waals surface area (Å²) in [6, 6.07) is 27.5. The van der Waals surface area contributed by atoms with Crippen LogP contribution >= 0.6 is 11.3 Å². The summed E-state index contributed by atoms with van der Waals surface area (Å²) in [5.41, 5.74) is 5.79.